The Balaban J connectivity index is 1.49. The van der Waals surface area contributed by atoms with Crippen molar-refractivity contribution in [3.8, 4) is 22.6 Å². The van der Waals surface area contributed by atoms with E-state index < -0.39 is 10.0 Å². The first-order valence-corrected chi connectivity index (χ1v) is 13.1. The molecule has 6 rings (SSSR count). The van der Waals surface area contributed by atoms with Gasteiger partial charge in [0.2, 0.25) is 17.4 Å². The molecule has 0 amide bonds. The maximum Gasteiger partial charge on any atom is 0.264 e. The van der Waals surface area contributed by atoms with E-state index in [9.17, 15) is 8.42 Å². The second-order valence-electron chi connectivity index (χ2n) is 8.69. The van der Waals surface area contributed by atoms with Gasteiger partial charge in [-0.1, -0.05) is 34.6 Å². The van der Waals surface area contributed by atoms with E-state index in [1.807, 2.05) is 24.3 Å². The first-order chi connectivity index (χ1) is 18.4. The summed E-state index contributed by atoms with van der Waals surface area (Å²) in [5.74, 6) is 0.544. The molecule has 190 valence electrons. The highest BCUT2D eigenvalue weighted by atomic mass is 32.2. The van der Waals surface area contributed by atoms with Crippen molar-refractivity contribution in [2.45, 2.75) is 25.2 Å². The highest BCUT2D eigenvalue weighted by molar-refractivity contribution is 7.92. The van der Waals surface area contributed by atoms with Gasteiger partial charge in [0.1, 0.15) is 11.8 Å². The molecule has 0 saturated heterocycles. The van der Waals surface area contributed by atoms with Crippen molar-refractivity contribution in [1.82, 2.24) is 30.5 Å². The third kappa shape index (κ3) is 4.20. The van der Waals surface area contributed by atoms with E-state index in [-0.39, 0.29) is 10.8 Å². The smallest absolute Gasteiger partial charge is 0.264 e. The van der Waals surface area contributed by atoms with Crippen molar-refractivity contribution in [3.63, 3.8) is 0 Å². The predicted molar refractivity (Wildman–Crippen MR) is 139 cm³/mol. The number of sulfonamides is 1. The topological polar surface area (TPSA) is 153 Å². The fourth-order valence-corrected chi connectivity index (χ4v) is 5.54. The number of nitrogens with one attached hydrogen (secondary N) is 2. The zero-order valence-corrected chi connectivity index (χ0v) is 21.2. The Morgan fingerprint density at radius 3 is 2.63 bits per heavy atom. The fourth-order valence-electron chi connectivity index (χ4n) is 4.27. The van der Waals surface area contributed by atoms with Crippen LogP contribution in [0.3, 0.4) is 0 Å². The van der Waals surface area contributed by atoms with Crippen molar-refractivity contribution in [2.24, 2.45) is 0 Å². The minimum Gasteiger partial charge on any atom is -0.445 e. The van der Waals surface area contributed by atoms with Crippen molar-refractivity contribution in [1.29, 1.82) is 0 Å². The summed E-state index contributed by atoms with van der Waals surface area (Å²) in [6.07, 6.45) is 5.19. The number of aromatic nitrogens is 6. The molecule has 6 aromatic rings. The molecular weight excluding hydrogens is 506 g/mol. The van der Waals surface area contributed by atoms with Crippen molar-refractivity contribution in [2.75, 3.05) is 4.72 Å². The normalized spacial score (nSPS) is 11.7. The van der Waals surface area contributed by atoms with Crippen LogP contribution in [0.5, 0.6) is 0 Å². The van der Waals surface area contributed by atoms with Crippen LogP contribution < -0.4 is 4.72 Å². The van der Waals surface area contributed by atoms with Gasteiger partial charge in [0.25, 0.3) is 10.0 Å². The van der Waals surface area contributed by atoms with Crippen molar-refractivity contribution < 1.29 is 17.4 Å². The monoisotopic (exact) mass is 527 g/mol. The third-order valence-electron chi connectivity index (χ3n) is 6.34. The lowest BCUT2D eigenvalue weighted by molar-refractivity contribution is 0.430. The number of rotatable bonds is 7. The van der Waals surface area contributed by atoms with Gasteiger partial charge in [-0.25, -0.2) is 23.1 Å². The minimum absolute atomic E-state index is 0.0858. The zero-order chi connectivity index (χ0) is 26.3. The number of benzene rings is 2. The molecule has 0 aliphatic rings. The lowest BCUT2D eigenvalue weighted by atomic mass is 9.93. The van der Waals surface area contributed by atoms with Crippen LogP contribution in [-0.2, 0) is 16.4 Å². The van der Waals surface area contributed by atoms with Crippen LogP contribution in [0.4, 0.5) is 5.88 Å². The zero-order valence-electron chi connectivity index (χ0n) is 20.3. The molecule has 4 aromatic heterocycles. The average molecular weight is 528 g/mol. The van der Waals surface area contributed by atoms with Crippen molar-refractivity contribution >= 4 is 27.1 Å². The molecule has 0 unspecified atom stereocenters. The molecule has 0 aliphatic heterocycles. The number of fused-ring (bicyclic) bond motifs is 1. The van der Waals surface area contributed by atoms with E-state index in [2.05, 4.69) is 35.3 Å². The Morgan fingerprint density at radius 2 is 1.84 bits per heavy atom. The average Bonchev–Trinajstić information content (AvgIpc) is 3.68. The van der Waals surface area contributed by atoms with E-state index in [1.165, 1.54) is 6.26 Å². The maximum absolute atomic E-state index is 13.6. The van der Waals surface area contributed by atoms with Gasteiger partial charge in [-0.2, -0.15) is 0 Å². The van der Waals surface area contributed by atoms with Gasteiger partial charge in [-0.15, -0.1) is 5.10 Å². The number of hydrogen-bond acceptors (Lipinski definition) is 9. The molecule has 4 heterocycles. The van der Waals surface area contributed by atoms with Crippen LogP contribution in [0.25, 0.3) is 33.7 Å². The standard InChI is InChI=1S/C26H21N7O4S/c1-15-16(2)31-37-25(15)32-38(34,35)22-6-4-3-5-21(22)20-8-7-18(26-28-11-12-36-26)14-19(20)13-17-9-10-27-24-23(17)29-33-30-24/h3-12,14,32H,13H2,1-2H3,(H,27,29,30,33). The number of hydrogen-bond donors (Lipinski definition) is 2. The fraction of sp³-hybridized carbons (Fsp3) is 0.115. The SMILES string of the molecule is Cc1noc(NS(=O)(=O)c2ccccc2-c2ccc(-c3ncco3)cc2Cc2ccnc3nn[nH]c23)c1C. The summed E-state index contributed by atoms with van der Waals surface area (Å²) >= 11 is 0. The summed E-state index contributed by atoms with van der Waals surface area (Å²) in [7, 11) is -4.02. The molecule has 0 aliphatic carbocycles. The van der Waals surface area contributed by atoms with Crippen LogP contribution in [-0.4, -0.2) is 39.0 Å². The third-order valence-corrected chi connectivity index (χ3v) is 7.73. The summed E-state index contributed by atoms with van der Waals surface area (Å²) < 4.78 is 40.4. The molecule has 0 spiro atoms. The quantitative estimate of drug-likeness (QED) is 0.301. The van der Waals surface area contributed by atoms with Gasteiger partial charge in [0, 0.05) is 29.3 Å². The second-order valence-corrected chi connectivity index (χ2v) is 10.3. The van der Waals surface area contributed by atoms with Gasteiger partial charge >= 0.3 is 0 Å². The molecule has 0 atom stereocenters. The number of aromatic amines is 1. The summed E-state index contributed by atoms with van der Waals surface area (Å²) in [6.45, 7) is 3.49. The van der Waals surface area contributed by atoms with Gasteiger partial charge in [-0.3, -0.25) is 5.10 Å². The molecule has 0 radical (unpaired) electrons. The molecule has 0 fully saturated rings. The van der Waals surface area contributed by atoms with Gasteiger partial charge in [0.15, 0.2) is 0 Å². The van der Waals surface area contributed by atoms with E-state index in [0.29, 0.717) is 40.3 Å². The summed E-state index contributed by atoms with van der Waals surface area (Å²) in [4.78, 5) is 8.61. The van der Waals surface area contributed by atoms with E-state index in [4.69, 9.17) is 8.94 Å². The van der Waals surface area contributed by atoms with Gasteiger partial charge in [-0.05, 0) is 54.8 Å². The van der Waals surface area contributed by atoms with Crippen LogP contribution in [0.15, 0.2) is 81.0 Å². The van der Waals surface area contributed by atoms with Crippen LogP contribution in [0, 0.1) is 13.8 Å². The Bertz CT molecular complexity index is 1880. The molecule has 2 aromatic carbocycles. The largest absolute Gasteiger partial charge is 0.445 e. The second kappa shape index (κ2) is 9.23. The van der Waals surface area contributed by atoms with Crippen LogP contribution in [0.1, 0.15) is 22.4 Å². The lowest BCUT2D eigenvalue weighted by Crippen LogP contribution is -2.14. The molecular formula is C26H21N7O4S. The molecule has 12 heteroatoms. The molecule has 0 bridgehead atoms. The van der Waals surface area contributed by atoms with Crippen LogP contribution in [0.2, 0.25) is 0 Å². The highest BCUT2D eigenvalue weighted by Gasteiger charge is 2.24. The molecule has 11 nitrogen and oxygen atoms in total. The Kier molecular flexibility index (Phi) is 5.72. The Hall–Kier alpha value is -4.84. The van der Waals surface area contributed by atoms with Crippen molar-refractivity contribution in [3.05, 3.63) is 89.6 Å². The Labute approximate surface area is 217 Å². The summed E-state index contributed by atoms with van der Waals surface area (Å²) in [5.41, 5.74) is 6.19. The molecule has 38 heavy (non-hydrogen) atoms. The number of pyridine rings is 1. The number of nitrogens with zero attached hydrogens (tertiary/aromatic N) is 5. The number of H-pyrrole nitrogens is 1. The minimum atomic E-state index is -4.02. The van der Waals surface area contributed by atoms with E-state index in [1.54, 1.807) is 50.5 Å². The van der Waals surface area contributed by atoms with Gasteiger partial charge < -0.3 is 8.94 Å². The number of oxazole rings is 1. The number of aryl methyl sites for hydroxylation is 1. The molecule has 0 saturated carbocycles. The summed E-state index contributed by atoms with van der Waals surface area (Å²) in [6, 6.07) is 14.4. The van der Waals surface area contributed by atoms with Crippen LogP contribution >= 0.6 is 0 Å². The number of anilines is 1. The summed E-state index contributed by atoms with van der Waals surface area (Å²) in [5, 5.41) is 14.6. The predicted octanol–water partition coefficient (Wildman–Crippen LogP) is 4.67. The van der Waals surface area contributed by atoms with Gasteiger partial charge in [0.05, 0.1) is 16.8 Å². The first kappa shape index (κ1) is 23.6. The van der Waals surface area contributed by atoms with E-state index >= 15 is 0 Å². The Morgan fingerprint density at radius 1 is 0.974 bits per heavy atom. The maximum atomic E-state index is 13.6. The van der Waals surface area contributed by atoms with E-state index in [0.717, 1.165) is 22.3 Å². The molecule has 2 N–H and O–H groups in total. The lowest BCUT2D eigenvalue weighted by Gasteiger charge is -2.16. The highest BCUT2D eigenvalue weighted by Crippen LogP contribution is 2.35. The first-order valence-electron chi connectivity index (χ1n) is 11.6.